The van der Waals surface area contributed by atoms with Crippen molar-refractivity contribution < 1.29 is 14.3 Å². The minimum atomic E-state index is -0.247. The molecule has 0 atom stereocenters. The van der Waals surface area contributed by atoms with Crippen molar-refractivity contribution in [1.29, 1.82) is 0 Å². The Kier molecular flexibility index (Phi) is 7.61. The van der Waals surface area contributed by atoms with Crippen molar-refractivity contribution in [3.63, 3.8) is 0 Å². The molecule has 0 saturated heterocycles. The molecule has 0 heterocycles. The number of anilines is 1. The summed E-state index contributed by atoms with van der Waals surface area (Å²) in [6.45, 7) is 3.13. The molecule has 0 bridgehead atoms. The van der Waals surface area contributed by atoms with Gasteiger partial charge < -0.3 is 15.4 Å². The third kappa shape index (κ3) is 5.95. The Bertz CT molecular complexity index is 969. The van der Waals surface area contributed by atoms with Crippen LogP contribution in [0.2, 0.25) is 0 Å². The van der Waals surface area contributed by atoms with Gasteiger partial charge in [-0.15, -0.1) is 0 Å². The lowest BCUT2D eigenvalue weighted by molar-refractivity contribution is 0.0950. The van der Waals surface area contributed by atoms with Crippen molar-refractivity contribution in [2.24, 2.45) is 0 Å². The molecule has 0 unspecified atom stereocenters. The molecule has 0 saturated carbocycles. The lowest BCUT2D eigenvalue weighted by atomic mass is 10.1. The van der Waals surface area contributed by atoms with E-state index in [1.54, 1.807) is 36.4 Å². The van der Waals surface area contributed by atoms with Crippen LogP contribution < -0.4 is 15.4 Å². The minimum Gasteiger partial charge on any atom is -0.493 e. The molecule has 0 aliphatic rings. The second-order valence-corrected chi connectivity index (χ2v) is 6.90. The van der Waals surface area contributed by atoms with Crippen molar-refractivity contribution in [2.45, 2.75) is 26.3 Å². The Morgan fingerprint density at radius 2 is 1.53 bits per heavy atom. The molecule has 0 aliphatic heterocycles. The lowest BCUT2D eigenvalue weighted by Crippen LogP contribution is -2.22. The first-order valence-electron chi connectivity index (χ1n) is 10.1. The van der Waals surface area contributed by atoms with Crippen LogP contribution in [0.4, 0.5) is 5.69 Å². The van der Waals surface area contributed by atoms with Crippen LogP contribution in [0.15, 0.2) is 78.9 Å². The normalized spacial score (nSPS) is 10.3. The summed E-state index contributed by atoms with van der Waals surface area (Å²) >= 11 is 0. The van der Waals surface area contributed by atoms with Crippen molar-refractivity contribution >= 4 is 17.5 Å². The fraction of sp³-hybridized carbons (Fsp3) is 0.200. The highest BCUT2D eigenvalue weighted by atomic mass is 16.5. The molecule has 2 amide bonds. The van der Waals surface area contributed by atoms with Crippen molar-refractivity contribution in [3.05, 3.63) is 95.6 Å². The molecule has 3 aromatic carbocycles. The molecule has 30 heavy (non-hydrogen) atoms. The molecule has 5 nitrogen and oxygen atoms in total. The third-order valence-electron chi connectivity index (χ3n) is 4.59. The number of rotatable bonds is 9. The Labute approximate surface area is 177 Å². The van der Waals surface area contributed by atoms with E-state index in [1.165, 1.54) is 0 Å². The van der Waals surface area contributed by atoms with Gasteiger partial charge in [-0.05, 0) is 48.4 Å². The van der Waals surface area contributed by atoms with Crippen LogP contribution in [0.25, 0.3) is 0 Å². The van der Waals surface area contributed by atoms with Gasteiger partial charge >= 0.3 is 0 Å². The monoisotopic (exact) mass is 402 g/mol. The zero-order chi connectivity index (χ0) is 21.2. The molecule has 0 spiro atoms. The van der Waals surface area contributed by atoms with Gasteiger partial charge in [-0.25, -0.2) is 0 Å². The first kappa shape index (κ1) is 21.1. The smallest absolute Gasteiger partial charge is 0.259 e. The highest BCUT2D eigenvalue weighted by Crippen LogP contribution is 2.20. The largest absolute Gasteiger partial charge is 0.493 e. The SMILES string of the molecule is CCCCOc1ccccc1C(=O)Nc1ccc(C(=O)NCc2ccccc2)cc1. The third-order valence-corrected chi connectivity index (χ3v) is 4.59. The number of hydrogen-bond acceptors (Lipinski definition) is 3. The highest BCUT2D eigenvalue weighted by Gasteiger charge is 2.13. The topological polar surface area (TPSA) is 67.4 Å². The average Bonchev–Trinajstić information content (AvgIpc) is 2.79. The van der Waals surface area contributed by atoms with Crippen molar-refractivity contribution in [1.82, 2.24) is 5.32 Å². The summed E-state index contributed by atoms with van der Waals surface area (Å²) < 4.78 is 5.74. The summed E-state index contributed by atoms with van der Waals surface area (Å²) in [5.41, 5.74) is 2.67. The fourth-order valence-electron chi connectivity index (χ4n) is 2.89. The van der Waals surface area contributed by atoms with Gasteiger partial charge in [0.05, 0.1) is 12.2 Å². The summed E-state index contributed by atoms with van der Waals surface area (Å²) in [5.74, 6) is 0.162. The van der Waals surface area contributed by atoms with Crippen LogP contribution in [0.1, 0.15) is 46.0 Å². The molecule has 2 N–H and O–H groups in total. The summed E-state index contributed by atoms with van der Waals surface area (Å²) in [6.07, 6.45) is 1.96. The second kappa shape index (κ2) is 10.8. The Morgan fingerprint density at radius 3 is 2.27 bits per heavy atom. The Hall–Kier alpha value is -3.60. The van der Waals surface area contributed by atoms with E-state index in [1.807, 2.05) is 42.5 Å². The predicted molar refractivity (Wildman–Crippen MR) is 119 cm³/mol. The molecule has 0 radical (unpaired) electrons. The number of amides is 2. The molecule has 5 heteroatoms. The minimum absolute atomic E-state index is 0.161. The van der Waals surface area contributed by atoms with Crippen LogP contribution in [-0.4, -0.2) is 18.4 Å². The average molecular weight is 402 g/mol. The Balaban J connectivity index is 1.59. The molecular formula is C25H26N2O3. The van der Waals surface area contributed by atoms with E-state index in [2.05, 4.69) is 17.6 Å². The van der Waals surface area contributed by atoms with Crippen LogP contribution in [0.3, 0.4) is 0 Å². The van der Waals surface area contributed by atoms with Crippen LogP contribution in [0, 0.1) is 0 Å². The van der Waals surface area contributed by atoms with Crippen LogP contribution in [-0.2, 0) is 6.54 Å². The van der Waals surface area contributed by atoms with Gasteiger partial charge in [0.15, 0.2) is 0 Å². The van der Waals surface area contributed by atoms with E-state index in [0.29, 0.717) is 35.7 Å². The highest BCUT2D eigenvalue weighted by molar-refractivity contribution is 6.06. The summed E-state index contributed by atoms with van der Waals surface area (Å²) in [6, 6.07) is 23.7. The van der Waals surface area contributed by atoms with Crippen molar-refractivity contribution in [3.8, 4) is 5.75 Å². The molecule has 3 aromatic rings. The first-order valence-corrected chi connectivity index (χ1v) is 10.1. The fourth-order valence-corrected chi connectivity index (χ4v) is 2.89. The predicted octanol–water partition coefficient (Wildman–Crippen LogP) is 5.05. The van der Waals surface area contributed by atoms with E-state index < -0.39 is 0 Å². The first-order chi connectivity index (χ1) is 14.7. The van der Waals surface area contributed by atoms with E-state index in [0.717, 1.165) is 18.4 Å². The number of carbonyl (C=O) groups excluding carboxylic acids is 2. The molecule has 0 aliphatic carbocycles. The maximum Gasteiger partial charge on any atom is 0.259 e. The van der Waals surface area contributed by atoms with E-state index >= 15 is 0 Å². The van der Waals surface area contributed by atoms with Crippen LogP contribution >= 0.6 is 0 Å². The number of hydrogen-bond donors (Lipinski definition) is 2. The Morgan fingerprint density at radius 1 is 0.833 bits per heavy atom. The lowest BCUT2D eigenvalue weighted by Gasteiger charge is -2.12. The van der Waals surface area contributed by atoms with Gasteiger partial charge in [0.25, 0.3) is 11.8 Å². The van der Waals surface area contributed by atoms with Crippen LogP contribution in [0.5, 0.6) is 5.75 Å². The molecular weight excluding hydrogens is 376 g/mol. The van der Waals surface area contributed by atoms with Gasteiger partial charge in [0.2, 0.25) is 0 Å². The number of nitrogens with one attached hydrogen (secondary N) is 2. The summed E-state index contributed by atoms with van der Waals surface area (Å²) in [7, 11) is 0. The van der Waals surface area contributed by atoms with E-state index in [-0.39, 0.29) is 11.8 Å². The zero-order valence-corrected chi connectivity index (χ0v) is 17.1. The quantitative estimate of drug-likeness (QED) is 0.492. The van der Waals surface area contributed by atoms with Gasteiger partial charge in [0.1, 0.15) is 5.75 Å². The second-order valence-electron chi connectivity index (χ2n) is 6.90. The van der Waals surface area contributed by atoms with Gasteiger partial charge in [-0.1, -0.05) is 55.8 Å². The summed E-state index contributed by atoms with van der Waals surface area (Å²) in [4.78, 5) is 25.0. The van der Waals surface area contributed by atoms with Gasteiger partial charge in [0, 0.05) is 17.8 Å². The van der Waals surface area contributed by atoms with Crippen molar-refractivity contribution in [2.75, 3.05) is 11.9 Å². The van der Waals surface area contributed by atoms with E-state index in [4.69, 9.17) is 4.74 Å². The maximum absolute atomic E-state index is 12.7. The number of unbranched alkanes of at least 4 members (excludes halogenated alkanes) is 1. The molecule has 0 fully saturated rings. The summed E-state index contributed by atoms with van der Waals surface area (Å²) in [5, 5.41) is 5.75. The number of para-hydroxylation sites is 1. The zero-order valence-electron chi connectivity index (χ0n) is 17.1. The number of carbonyl (C=O) groups is 2. The molecule has 3 rings (SSSR count). The van der Waals surface area contributed by atoms with E-state index in [9.17, 15) is 9.59 Å². The molecule has 154 valence electrons. The van der Waals surface area contributed by atoms with Gasteiger partial charge in [-0.2, -0.15) is 0 Å². The number of benzene rings is 3. The standard InChI is InChI=1S/C25H26N2O3/c1-2-3-17-30-23-12-8-7-11-22(23)25(29)27-21-15-13-20(14-16-21)24(28)26-18-19-9-5-4-6-10-19/h4-16H,2-3,17-18H2,1H3,(H,26,28)(H,27,29). The molecule has 0 aromatic heterocycles. The number of ether oxygens (including phenoxy) is 1. The maximum atomic E-state index is 12.7. The van der Waals surface area contributed by atoms with Gasteiger partial charge in [-0.3, -0.25) is 9.59 Å².